The zero-order valence-corrected chi connectivity index (χ0v) is 6.28. The molecule has 1 atom stereocenters. The van der Waals surface area contributed by atoms with E-state index >= 15 is 0 Å². The summed E-state index contributed by atoms with van der Waals surface area (Å²) in [7, 11) is 0. The molecule has 0 aromatic rings. The molecule has 0 spiro atoms. The molecule has 0 aliphatic carbocycles. The summed E-state index contributed by atoms with van der Waals surface area (Å²) in [5.41, 5.74) is 0. The van der Waals surface area contributed by atoms with Crippen molar-refractivity contribution in [2.75, 3.05) is 0 Å². The molecular formula is C7H13Cl. The van der Waals surface area contributed by atoms with Crippen LogP contribution in [-0.2, 0) is 0 Å². The minimum Gasteiger partial charge on any atom is -0.123 e. The molecule has 0 rings (SSSR count). The van der Waals surface area contributed by atoms with E-state index in [0.29, 0.717) is 5.38 Å². The summed E-state index contributed by atoms with van der Waals surface area (Å²) in [5.74, 6) is 0. The molecule has 0 amide bonds. The summed E-state index contributed by atoms with van der Waals surface area (Å²) in [6, 6.07) is 0. The predicted octanol–water partition coefficient (Wildman–Crippen LogP) is 2.97. The van der Waals surface area contributed by atoms with E-state index < -0.39 is 0 Å². The van der Waals surface area contributed by atoms with E-state index in [1.54, 1.807) is 0 Å². The highest BCUT2D eigenvalue weighted by Crippen LogP contribution is 2.05. The lowest BCUT2D eigenvalue weighted by atomic mass is 10.2. The van der Waals surface area contributed by atoms with Crippen LogP contribution >= 0.6 is 11.6 Å². The number of halogens is 1. The zero-order chi connectivity index (χ0) is 6.41. The second-order valence-corrected chi connectivity index (χ2v) is 2.43. The van der Waals surface area contributed by atoms with Crippen LogP contribution in [0.3, 0.4) is 0 Å². The van der Waals surface area contributed by atoms with E-state index in [-0.39, 0.29) is 0 Å². The molecule has 0 aromatic heterocycles. The lowest BCUT2D eigenvalue weighted by Gasteiger charge is -1.98. The molecule has 0 heterocycles. The monoisotopic (exact) mass is 132 g/mol. The molecule has 1 unspecified atom stereocenters. The van der Waals surface area contributed by atoms with Crippen molar-refractivity contribution in [1.29, 1.82) is 0 Å². The van der Waals surface area contributed by atoms with Gasteiger partial charge in [-0.25, -0.2) is 0 Å². The maximum absolute atomic E-state index is 5.79. The molecule has 0 fully saturated rings. The first-order valence-electron chi connectivity index (χ1n) is 3.06. The van der Waals surface area contributed by atoms with Crippen molar-refractivity contribution in [3.05, 3.63) is 12.2 Å². The Morgan fingerprint density at radius 3 is 2.62 bits per heavy atom. The normalized spacial score (nSPS) is 14.9. The summed E-state index contributed by atoms with van der Waals surface area (Å²) >= 11 is 5.79. The van der Waals surface area contributed by atoms with Crippen molar-refractivity contribution in [3.8, 4) is 0 Å². The van der Waals surface area contributed by atoms with Gasteiger partial charge in [-0.15, -0.1) is 11.6 Å². The van der Waals surface area contributed by atoms with Crippen molar-refractivity contribution in [1.82, 2.24) is 0 Å². The van der Waals surface area contributed by atoms with Gasteiger partial charge < -0.3 is 0 Å². The van der Waals surface area contributed by atoms with E-state index in [1.165, 1.54) is 0 Å². The van der Waals surface area contributed by atoms with Gasteiger partial charge in [0.2, 0.25) is 0 Å². The lowest BCUT2D eigenvalue weighted by molar-refractivity contribution is 0.824. The number of alkyl halides is 1. The average Bonchev–Trinajstić information content (AvgIpc) is 1.83. The number of rotatable bonds is 3. The average molecular weight is 133 g/mol. The van der Waals surface area contributed by atoms with E-state index in [0.717, 1.165) is 12.8 Å². The van der Waals surface area contributed by atoms with Crippen LogP contribution in [0.2, 0.25) is 0 Å². The van der Waals surface area contributed by atoms with Gasteiger partial charge >= 0.3 is 0 Å². The molecule has 8 heavy (non-hydrogen) atoms. The van der Waals surface area contributed by atoms with Gasteiger partial charge in [-0.2, -0.15) is 0 Å². The van der Waals surface area contributed by atoms with Gasteiger partial charge in [-0.1, -0.05) is 19.1 Å². The summed E-state index contributed by atoms with van der Waals surface area (Å²) in [6.07, 6.45) is 6.20. The Balaban J connectivity index is 3.10. The van der Waals surface area contributed by atoms with E-state index in [4.69, 9.17) is 11.6 Å². The smallest absolute Gasteiger partial charge is 0.0367 e. The van der Waals surface area contributed by atoms with Crippen LogP contribution in [0.15, 0.2) is 12.2 Å². The SMILES string of the molecule is C/C=C/CC(Cl)CC. The number of allylic oxidation sites excluding steroid dienone is 2. The molecule has 0 saturated carbocycles. The minimum absolute atomic E-state index is 0.339. The summed E-state index contributed by atoms with van der Waals surface area (Å²) < 4.78 is 0. The summed E-state index contributed by atoms with van der Waals surface area (Å²) in [4.78, 5) is 0. The maximum atomic E-state index is 5.79. The van der Waals surface area contributed by atoms with E-state index in [1.807, 2.05) is 13.0 Å². The van der Waals surface area contributed by atoms with Gasteiger partial charge in [0, 0.05) is 5.38 Å². The third-order valence-electron chi connectivity index (χ3n) is 1.07. The fourth-order valence-electron chi connectivity index (χ4n) is 0.450. The van der Waals surface area contributed by atoms with Crippen LogP contribution in [-0.4, -0.2) is 5.38 Å². The molecule has 0 bridgehead atoms. The molecule has 48 valence electrons. The first-order valence-corrected chi connectivity index (χ1v) is 3.50. The highest BCUT2D eigenvalue weighted by Gasteiger charge is 1.94. The van der Waals surface area contributed by atoms with Crippen molar-refractivity contribution >= 4 is 11.6 Å². The topological polar surface area (TPSA) is 0 Å². The quantitative estimate of drug-likeness (QED) is 0.409. The Hall–Kier alpha value is 0.0300. The molecular weight excluding hydrogens is 120 g/mol. The first-order chi connectivity index (χ1) is 3.81. The van der Waals surface area contributed by atoms with Crippen molar-refractivity contribution in [2.45, 2.75) is 32.1 Å². The Morgan fingerprint density at radius 1 is 1.62 bits per heavy atom. The molecule has 0 N–H and O–H groups in total. The maximum Gasteiger partial charge on any atom is 0.0367 e. The van der Waals surface area contributed by atoms with Crippen molar-refractivity contribution < 1.29 is 0 Å². The Labute approximate surface area is 56.5 Å². The standard InChI is InChI=1S/C7H13Cl/c1-3-5-6-7(8)4-2/h3,5,7H,4,6H2,1-2H3/b5-3+. The van der Waals surface area contributed by atoms with Gasteiger partial charge in [0.15, 0.2) is 0 Å². The molecule has 0 radical (unpaired) electrons. The van der Waals surface area contributed by atoms with Crippen LogP contribution in [0.25, 0.3) is 0 Å². The van der Waals surface area contributed by atoms with Crippen LogP contribution in [0.4, 0.5) is 0 Å². The van der Waals surface area contributed by atoms with E-state index in [2.05, 4.69) is 13.0 Å². The molecule has 0 aromatic carbocycles. The highest BCUT2D eigenvalue weighted by molar-refractivity contribution is 6.20. The van der Waals surface area contributed by atoms with Gasteiger partial charge in [0.1, 0.15) is 0 Å². The second kappa shape index (κ2) is 5.17. The van der Waals surface area contributed by atoms with Crippen LogP contribution in [0, 0.1) is 0 Å². The Bertz CT molecular complexity index is 66.8. The van der Waals surface area contributed by atoms with Crippen molar-refractivity contribution in [3.63, 3.8) is 0 Å². The third-order valence-corrected chi connectivity index (χ3v) is 1.56. The fourth-order valence-corrected chi connectivity index (χ4v) is 0.553. The molecule has 0 saturated heterocycles. The van der Waals surface area contributed by atoms with Gasteiger partial charge in [-0.3, -0.25) is 0 Å². The van der Waals surface area contributed by atoms with Crippen LogP contribution in [0.1, 0.15) is 26.7 Å². The molecule has 0 nitrogen and oxygen atoms in total. The largest absolute Gasteiger partial charge is 0.123 e. The Kier molecular flexibility index (Phi) is 5.19. The third kappa shape index (κ3) is 4.20. The van der Waals surface area contributed by atoms with Gasteiger partial charge in [0.05, 0.1) is 0 Å². The van der Waals surface area contributed by atoms with Crippen molar-refractivity contribution in [2.24, 2.45) is 0 Å². The molecule has 1 heteroatoms. The van der Waals surface area contributed by atoms with E-state index in [9.17, 15) is 0 Å². The lowest BCUT2D eigenvalue weighted by Crippen LogP contribution is -1.91. The minimum atomic E-state index is 0.339. The molecule has 0 aliphatic heterocycles. The summed E-state index contributed by atoms with van der Waals surface area (Å²) in [5, 5.41) is 0.339. The second-order valence-electron chi connectivity index (χ2n) is 1.81. The fraction of sp³-hybridized carbons (Fsp3) is 0.714. The number of hydrogen-bond donors (Lipinski definition) is 0. The van der Waals surface area contributed by atoms with Crippen LogP contribution < -0.4 is 0 Å². The zero-order valence-electron chi connectivity index (χ0n) is 5.52. The first kappa shape index (κ1) is 8.03. The predicted molar refractivity (Wildman–Crippen MR) is 39.4 cm³/mol. The number of hydrogen-bond acceptors (Lipinski definition) is 0. The highest BCUT2D eigenvalue weighted by atomic mass is 35.5. The summed E-state index contributed by atoms with van der Waals surface area (Å²) in [6.45, 7) is 4.11. The van der Waals surface area contributed by atoms with Gasteiger partial charge in [0.25, 0.3) is 0 Å². The van der Waals surface area contributed by atoms with Crippen LogP contribution in [0.5, 0.6) is 0 Å². The molecule has 0 aliphatic rings. The van der Waals surface area contributed by atoms with Gasteiger partial charge in [-0.05, 0) is 19.8 Å². The Morgan fingerprint density at radius 2 is 2.25 bits per heavy atom.